The van der Waals surface area contributed by atoms with Crippen LogP contribution in [-0.4, -0.2) is 28.0 Å². The molecule has 0 aliphatic rings. The molecule has 0 bridgehead atoms. The van der Waals surface area contributed by atoms with E-state index in [-0.39, 0.29) is 12.0 Å². The Kier molecular flexibility index (Phi) is 5.28. The molecule has 0 fully saturated rings. The summed E-state index contributed by atoms with van der Waals surface area (Å²) in [5.74, 6) is -1.68. The predicted octanol–water partition coefficient (Wildman–Crippen LogP) is 2.03. The molecule has 0 saturated heterocycles. The van der Waals surface area contributed by atoms with Crippen molar-refractivity contribution in [1.29, 1.82) is 5.26 Å². The number of nitrogens with zero attached hydrogens (tertiary/aromatic N) is 2. The molecule has 1 atom stereocenters. The molecule has 1 aromatic carbocycles. The number of aromatic nitrogens is 1. The highest BCUT2D eigenvalue weighted by Crippen LogP contribution is 2.09. The van der Waals surface area contributed by atoms with E-state index in [2.05, 4.69) is 10.3 Å². The lowest BCUT2D eigenvalue weighted by molar-refractivity contribution is -0.139. The van der Waals surface area contributed by atoms with Gasteiger partial charge in [0.2, 0.25) is 0 Å². The van der Waals surface area contributed by atoms with E-state index in [1.807, 2.05) is 6.07 Å². The van der Waals surface area contributed by atoms with Crippen molar-refractivity contribution in [3.63, 3.8) is 0 Å². The fraction of sp³-hybridized carbons (Fsp3) is 0.125. The highest BCUT2D eigenvalue weighted by atomic mass is 35.5. The topological polar surface area (TPSA) is 103 Å². The number of rotatable bonds is 5. The van der Waals surface area contributed by atoms with Gasteiger partial charge >= 0.3 is 5.97 Å². The molecule has 2 N–H and O–H groups in total. The summed E-state index contributed by atoms with van der Waals surface area (Å²) in [5.41, 5.74) is 1.34. The van der Waals surface area contributed by atoms with Crippen LogP contribution in [0.2, 0.25) is 5.15 Å². The van der Waals surface area contributed by atoms with Crippen LogP contribution >= 0.6 is 11.6 Å². The van der Waals surface area contributed by atoms with Crippen LogP contribution in [0.5, 0.6) is 0 Å². The maximum Gasteiger partial charge on any atom is 0.326 e. The minimum Gasteiger partial charge on any atom is -0.480 e. The normalized spacial score (nSPS) is 11.3. The van der Waals surface area contributed by atoms with Crippen LogP contribution in [0, 0.1) is 11.3 Å². The number of halogens is 1. The van der Waals surface area contributed by atoms with Crippen LogP contribution in [0.25, 0.3) is 0 Å². The molecule has 0 saturated carbocycles. The number of carbonyl (C=O) groups excluding carboxylic acids is 1. The molecule has 6 nitrogen and oxygen atoms in total. The number of nitrogens with one attached hydrogen (secondary N) is 1. The highest BCUT2D eigenvalue weighted by molar-refractivity contribution is 6.29. The molecule has 0 spiro atoms. The fourth-order valence-corrected chi connectivity index (χ4v) is 2.01. The van der Waals surface area contributed by atoms with Crippen molar-refractivity contribution in [2.75, 3.05) is 0 Å². The van der Waals surface area contributed by atoms with E-state index in [0.717, 1.165) is 0 Å². The number of aliphatic carboxylic acids is 1. The number of nitriles is 1. The molecule has 7 heteroatoms. The first-order valence-corrected chi connectivity index (χ1v) is 7.01. The molecule has 0 aliphatic heterocycles. The number of benzene rings is 1. The maximum absolute atomic E-state index is 12.1. The summed E-state index contributed by atoms with van der Waals surface area (Å²) < 4.78 is 0. The number of hydrogen-bond donors (Lipinski definition) is 2. The van der Waals surface area contributed by atoms with Crippen molar-refractivity contribution in [3.8, 4) is 6.07 Å². The SMILES string of the molecule is N#Cc1ccc(C(=O)N[C@@H](Cc2ccc(Cl)nc2)C(=O)O)cc1. The van der Waals surface area contributed by atoms with Gasteiger partial charge in [-0.3, -0.25) is 4.79 Å². The second-order valence-electron chi connectivity index (χ2n) is 4.75. The Morgan fingerprint density at radius 2 is 1.96 bits per heavy atom. The molecular weight excluding hydrogens is 318 g/mol. The number of hydrogen-bond acceptors (Lipinski definition) is 4. The molecule has 2 rings (SSSR count). The highest BCUT2D eigenvalue weighted by Gasteiger charge is 2.21. The van der Waals surface area contributed by atoms with Crippen molar-refractivity contribution in [2.24, 2.45) is 0 Å². The lowest BCUT2D eigenvalue weighted by atomic mass is 10.1. The van der Waals surface area contributed by atoms with Gasteiger partial charge in [0.1, 0.15) is 11.2 Å². The largest absolute Gasteiger partial charge is 0.480 e. The minimum atomic E-state index is -1.15. The Labute approximate surface area is 137 Å². The maximum atomic E-state index is 12.1. The number of carboxylic acids is 1. The van der Waals surface area contributed by atoms with Crippen LogP contribution in [0.4, 0.5) is 0 Å². The van der Waals surface area contributed by atoms with Crippen molar-refractivity contribution in [3.05, 3.63) is 64.4 Å². The zero-order chi connectivity index (χ0) is 16.8. The zero-order valence-electron chi connectivity index (χ0n) is 11.9. The first-order chi connectivity index (χ1) is 11.0. The summed E-state index contributed by atoms with van der Waals surface area (Å²) in [5, 5.41) is 20.7. The standard InChI is InChI=1S/C16H12ClN3O3/c17-14-6-3-11(9-19-14)7-13(16(22)23)20-15(21)12-4-1-10(8-18)2-5-12/h1-6,9,13H,7H2,(H,20,21)(H,22,23)/t13-/m0/s1. The summed E-state index contributed by atoms with van der Waals surface area (Å²) in [4.78, 5) is 27.3. The van der Waals surface area contributed by atoms with Crippen molar-refractivity contribution >= 4 is 23.5 Å². The summed E-state index contributed by atoms with van der Waals surface area (Å²) in [7, 11) is 0. The van der Waals surface area contributed by atoms with Crippen LogP contribution in [0.15, 0.2) is 42.6 Å². The predicted molar refractivity (Wildman–Crippen MR) is 83.0 cm³/mol. The fourth-order valence-electron chi connectivity index (χ4n) is 1.90. The third-order valence-corrected chi connectivity index (χ3v) is 3.33. The van der Waals surface area contributed by atoms with Gasteiger partial charge in [0.05, 0.1) is 11.6 Å². The second kappa shape index (κ2) is 7.38. The number of carbonyl (C=O) groups is 2. The number of amides is 1. The third-order valence-electron chi connectivity index (χ3n) is 3.11. The van der Waals surface area contributed by atoms with Crippen LogP contribution in [-0.2, 0) is 11.2 Å². The van der Waals surface area contributed by atoms with E-state index < -0.39 is 17.9 Å². The first-order valence-electron chi connectivity index (χ1n) is 6.64. The average molecular weight is 330 g/mol. The van der Waals surface area contributed by atoms with Gasteiger partial charge in [-0.25, -0.2) is 9.78 Å². The molecule has 1 aromatic heterocycles. The molecule has 1 amide bonds. The lowest BCUT2D eigenvalue weighted by Crippen LogP contribution is -2.42. The summed E-state index contributed by atoms with van der Waals surface area (Å²) in [6, 6.07) is 9.98. The van der Waals surface area contributed by atoms with Gasteiger partial charge in [0, 0.05) is 18.2 Å². The Morgan fingerprint density at radius 1 is 1.26 bits per heavy atom. The van der Waals surface area contributed by atoms with E-state index in [1.165, 1.54) is 30.5 Å². The molecule has 23 heavy (non-hydrogen) atoms. The molecule has 0 aliphatic carbocycles. The quantitative estimate of drug-likeness (QED) is 0.817. The first kappa shape index (κ1) is 16.5. The zero-order valence-corrected chi connectivity index (χ0v) is 12.6. The van der Waals surface area contributed by atoms with Crippen molar-refractivity contribution in [1.82, 2.24) is 10.3 Å². The number of pyridine rings is 1. The third kappa shape index (κ3) is 4.53. The van der Waals surface area contributed by atoms with E-state index in [1.54, 1.807) is 12.1 Å². The van der Waals surface area contributed by atoms with Crippen LogP contribution in [0.1, 0.15) is 21.5 Å². The molecule has 116 valence electrons. The van der Waals surface area contributed by atoms with Gasteiger partial charge in [-0.2, -0.15) is 5.26 Å². The summed E-state index contributed by atoms with van der Waals surface area (Å²) >= 11 is 5.68. The Hall–Kier alpha value is -2.91. The van der Waals surface area contributed by atoms with Gasteiger partial charge in [-0.05, 0) is 35.9 Å². The van der Waals surface area contributed by atoms with Crippen LogP contribution in [0.3, 0.4) is 0 Å². The van der Waals surface area contributed by atoms with E-state index in [0.29, 0.717) is 16.3 Å². The second-order valence-corrected chi connectivity index (χ2v) is 5.13. The molecule has 0 unspecified atom stereocenters. The molecular formula is C16H12ClN3O3. The van der Waals surface area contributed by atoms with E-state index in [4.69, 9.17) is 16.9 Å². The smallest absolute Gasteiger partial charge is 0.326 e. The monoisotopic (exact) mass is 329 g/mol. The van der Waals surface area contributed by atoms with E-state index >= 15 is 0 Å². The van der Waals surface area contributed by atoms with Gasteiger partial charge in [-0.15, -0.1) is 0 Å². The Balaban J connectivity index is 2.09. The summed E-state index contributed by atoms with van der Waals surface area (Å²) in [6.07, 6.45) is 1.55. The van der Waals surface area contributed by atoms with Gasteiger partial charge in [0.25, 0.3) is 5.91 Å². The van der Waals surface area contributed by atoms with Crippen LogP contribution < -0.4 is 5.32 Å². The van der Waals surface area contributed by atoms with Gasteiger partial charge < -0.3 is 10.4 Å². The van der Waals surface area contributed by atoms with Gasteiger partial charge in [0.15, 0.2) is 0 Å². The minimum absolute atomic E-state index is 0.0848. The van der Waals surface area contributed by atoms with Crippen molar-refractivity contribution in [2.45, 2.75) is 12.5 Å². The number of carboxylic acid groups (broad SMARTS) is 1. The summed E-state index contributed by atoms with van der Waals surface area (Å²) in [6.45, 7) is 0. The lowest BCUT2D eigenvalue weighted by Gasteiger charge is -2.14. The molecule has 1 heterocycles. The molecule has 2 aromatic rings. The molecule has 0 radical (unpaired) electrons. The van der Waals surface area contributed by atoms with E-state index in [9.17, 15) is 14.7 Å². The van der Waals surface area contributed by atoms with Gasteiger partial charge in [-0.1, -0.05) is 17.7 Å². The average Bonchev–Trinajstić information content (AvgIpc) is 2.56. The Bertz CT molecular complexity index is 752. The Morgan fingerprint density at radius 3 is 2.48 bits per heavy atom. The van der Waals surface area contributed by atoms with Crippen molar-refractivity contribution < 1.29 is 14.7 Å².